The Labute approximate surface area is 109 Å². The maximum Gasteiger partial charge on any atom is 0.241 e. The van der Waals surface area contributed by atoms with E-state index in [4.69, 9.17) is 5.73 Å². The van der Waals surface area contributed by atoms with Gasteiger partial charge in [0.15, 0.2) is 0 Å². The smallest absolute Gasteiger partial charge is 0.241 e. The normalized spacial score (nSPS) is 18.3. The summed E-state index contributed by atoms with van der Waals surface area (Å²) in [5.74, 6) is 0.581. The van der Waals surface area contributed by atoms with Gasteiger partial charge in [-0.15, -0.1) is 0 Å². The summed E-state index contributed by atoms with van der Waals surface area (Å²) in [5, 5.41) is 2.99. The van der Waals surface area contributed by atoms with Crippen LogP contribution in [0, 0.1) is 5.92 Å². The van der Waals surface area contributed by atoms with Crippen molar-refractivity contribution in [1.82, 2.24) is 5.32 Å². The Morgan fingerprint density at radius 2 is 1.89 bits per heavy atom. The Morgan fingerprint density at radius 3 is 2.56 bits per heavy atom. The van der Waals surface area contributed by atoms with Crippen LogP contribution in [0.25, 0.3) is 0 Å². The molecule has 1 amide bonds. The van der Waals surface area contributed by atoms with E-state index < -0.39 is 6.04 Å². The van der Waals surface area contributed by atoms with Gasteiger partial charge in [0.2, 0.25) is 5.91 Å². The Balaban J connectivity index is 1.80. The highest BCUT2D eigenvalue weighted by molar-refractivity contribution is 5.82. The largest absolute Gasteiger partial charge is 0.354 e. The molecule has 1 aliphatic carbocycles. The summed E-state index contributed by atoms with van der Waals surface area (Å²) < 4.78 is 0. The number of benzene rings is 1. The lowest BCUT2D eigenvalue weighted by atomic mass is 9.89. The topological polar surface area (TPSA) is 55.1 Å². The number of hydrogen-bond acceptors (Lipinski definition) is 2. The van der Waals surface area contributed by atoms with Crippen molar-refractivity contribution in [2.45, 2.75) is 38.1 Å². The van der Waals surface area contributed by atoms with E-state index in [9.17, 15) is 4.79 Å². The Hall–Kier alpha value is -1.35. The van der Waals surface area contributed by atoms with E-state index >= 15 is 0 Å². The zero-order valence-electron chi connectivity index (χ0n) is 10.8. The predicted molar refractivity (Wildman–Crippen MR) is 73.0 cm³/mol. The van der Waals surface area contributed by atoms with Gasteiger partial charge in [-0.3, -0.25) is 4.79 Å². The van der Waals surface area contributed by atoms with Crippen LogP contribution in [0.15, 0.2) is 30.3 Å². The molecular weight excluding hydrogens is 224 g/mol. The maximum absolute atomic E-state index is 12.0. The minimum Gasteiger partial charge on any atom is -0.354 e. The van der Waals surface area contributed by atoms with Crippen LogP contribution >= 0.6 is 0 Å². The van der Waals surface area contributed by atoms with Crippen LogP contribution in [0.4, 0.5) is 0 Å². The third kappa shape index (κ3) is 3.57. The van der Waals surface area contributed by atoms with Crippen LogP contribution < -0.4 is 11.1 Å². The van der Waals surface area contributed by atoms with Crippen LogP contribution in [-0.4, -0.2) is 12.5 Å². The van der Waals surface area contributed by atoms with Gasteiger partial charge in [-0.1, -0.05) is 49.6 Å². The summed E-state index contributed by atoms with van der Waals surface area (Å²) in [7, 11) is 0. The van der Waals surface area contributed by atoms with E-state index in [1.54, 1.807) is 0 Å². The molecule has 3 nitrogen and oxygen atoms in total. The fourth-order valence-corrected chi connectivity index (χ4v) is 2.56. The summed E-state index contributed by atoms with van der Waals surface area (Å²) in [4.78, 5) is 12.0. The van der Waals surface area contributed by atoms with Gasteiger partial charge < -0.3 is 11.1 Å². The summed E-state index contributed by atoms with van der Waals surface area (Å²) in [6.07, 6.45) is 6.41. The zero-order chi connectivity index (χ0) is 12.8. The van der Waals surface area contributed by atoms with Crippen molar-refractivity contribution in [1.29, 1.82) is 0 Å². The van der Waals surface area contributed by atoms with Crippen molar-refractivity contribution in [3.63, 3.8) is 0 Å². The highest BCUT2D eigenvalue weighted by Gasteiger charge is 2.18. The molecule has 0 saturated heterocycles. The third-order valence-corrected chi connectivity index (χ3v) is 3.73. The summed E-state index contributed by atoms with van der Waals surface area (Å²) >= 11 is 0. The molecule has 1 saturated carbocycles. The van der Waals surface area contributed by atoms with Gasteiger partial charge in [0.1, 0.15) is 6.04 Å². The zero-order valence-corrected chi connectivity index (χ0v) is 10.8. The Morgan fingerprint density at radius 1 is 1.22 bits per heavy atom. The number of hydrogen-bond donors (Lipinski definition) is 2. The number of nitrogens with one attached hydrogen (secondary N) is 1. The fraction of sp³-hybridized carbons (Fsp3) is 0.533. The molecule has 18 heavy (non-hydrogen) atoms. The summed E-state index contributed by atoms with van der Waals surface area (Å²) in [6.45, 7) is 0.777. The molecule has 3 N–H and O–H groups in total. The molecule has 0 aromatic heterocycles. The van der Waals surface area contributed by atoms with Crippen molar-refractivity contribution < 1.29 is 4.79 Å². The standard InChI is InChI=1S/C15H22N2O/c16-14(13-9-5-2-6-10-13)15(18)17-11-12-7-3-1-4-8-12/h2,5-6,9-10,12,14H,1,3-4,7-8,11,16H2,(H,17,18)/t14-/m1/s1. The van der Waals surface area contributed by atoms with Crippen molar-refractivity contribution in [2.75, 3.05) is 6.54 Å². The van der Waals surface area contributed by atoms with E-state index in [1.807, 2.05) is 30.3 Å². The van der Waals surface area contributed by atoms with Crippen LogP contribution in [0.3, 0.4) is 0 Å². The number of amides is 1. The SMILES string of the molecule is N[C@@H](C(=O)NCC1CCCCC1)c1ccccc1. The lowest BCUT2D eigenvalue weighted by Gasteiger charge is -2.22. The van der Waals surface area contributed by atoms with Gasteiger partial charge in [-0.25, -0.2) is 0 Å². The van der Waals surface area contributed by atoms with E-state index in [1.165, 1.54) is 32.1 Å². The molecule has 0 heterocycles. The first-order valence-electron chi connectivity index (χ1n) is 6.85. The molecule has 2 rings (SSSR count). The maximum atomic E-state index is 12.0. The first-order chi connectivity index (χ1) is 8.77. The van der Waals surface area contributed by atoms with Gasteiger partial charge in [0.05, 0.1) is 0 Å². The molecule has 0 spiro atoms. The molecule has 1 fully saturated rings. The minimum atomic E-state index is -0.546. The number of carbonyl (C=O) groups excluding carboxylic acids is 1. The first kappa shape index (κ1) is 13.1. The van der Waals surface area contributed by atoms with Gasteiger partial charge in [-0.2, -0.15) is 0 Å². The van der Waals surface area contributed by atoms with Gasteiger partial charge in [-0.05, 0) is 24.3 Å². The second kappa shape index (κ2) is 6.55. The molecular formula is C15H22N2O. The average molecular weight is 246 g/mol. The minimum absolute atomic E-state index is 0.0632. The molecule has 3 heteroatoms. The molecule has 0 aliphatic heterocycles. The lowest BCUT2D eigenvalue weighted by molar-refractivity contribution is -0.122. The lowest BCUT2D eigenvalue weighted by Crippen LogP contribution is -2.37. The van der Waals surface area contributed by atoms with E-state index in [-0.39, 0.29) is 5.91 Å². The Kier molecular flexibility index (Phi) is 4.76. The summed E-state index contributed by atoms with van der Waals surface area (Å²) in [6, 6.07) is 8.98. The average Bonchev–Trinajstić information content (AvgIpc) is 2.46. The highest BCUT2D eigenvalue weighted by Crippen LogP contribution is 2.22. The molecule has 1 aromatic rings. The van der Waals surface area contributed by atoms with Crippen molar-refractivity contribution in [3.05, 3.63) is 35.9 Å². The Bertz CT molecular complexity index is 371. The molecule has 0 unspecified atom stereocenters. The van der Waals surface area contributed by atoms with E-state index in [2.05, 4.69) is 5.32 Å². The van der Waals surface area contributed by atoms with Crippen LogP contribution in [-0.2, 0) is 4.79 Å². The third-order valence-electron chi connectivity index (χ3n) is 3.73. The number of rotatable bonds is 4. The number of carbonyl (C=O) groups is 1. The van der Waals surface area contributed by atoms with Gasteiger partial charge in [0.25, 0.3) is 0 Å². The van der Waals surface area contributed by atoms with Crippen LogP contribution in [0.5, 0.6) is 0 Å². The van der Waals surface area contributed by atoms with Crippen LogP contribution in [0.1, 0.15) is 43.7 Å². The van der Waals surface area contributed by atoms with Gasteiger partial charge in [0, 0.05) is 6.54 Å². The molecule has 1 aliphatic rings. The fourth-order valence-electron chi connectivity index (χ4n) is 2.56. The first-order valence-corrected chi connectivity index (χ1v) is 6.85. The predicted octanol–water partition coefficient (Wildman–Crippen LogP) is 2.38. The number of nitrogens with two attached hydrogens (primary N) is 1. The highest BCUT2D eigenvalue weighted by atomic mass is 16.2. The second-order valence-electron chi connectivity index (χ2n) is 5.14. The molecule has 1 aromatic carbocycles. The molecule has 1 atom stereocenters. The second-order valence-corrected chi connectivity index (χ2v) is 5.14. The monoisotopic (exact) mass is 246 g/mol. The molecule has 0 radical (unpaired) electrons. The van der Waals surface area contributed by atoms with Crippen molar-refractivity contribution in [2.24, 2.45) is 11.7 Å². The van der Waals surface area contributed by atoms with E-state index in [0.29, 0.717) is 5.92 Å². The van der Waals surface area contributed by atoms with Crippen molar-refractivity contribution >= 4 is 5.91 Å². The van der Waals surface area contributed by atoms with Crippen LogP contribution in [0.2, 0.25) is 0 Å². The van der Waals surface area contributed by atoms with E-state index in [0.717, 1.165) is 12.1 Å². The van der Waals surface area contributed by atoms with Gasteiger partial charge >= 0.3 is 0 Å². The summed E-state index contributed by atoms with van der Waals surface area (Å²) in [5.41, 5.74) is 6.82. The molecule has 0 bridgehead atoms. The molecule has 98 valence electrons. The quantitative estimate of drug-likeness (QED) is 0.857. The van der Waals surface area contributed by atoms with Crippen molar-refractivity contribution in [3.8, 4) is 0 Å².